The van der Waals surface area contributed by atoms with E-state index in [4.69, 9.17) is 9.84 Å². The van der Waals surface area contributed by atoms with Crippen LogP contribution in [0.5, 0.6) is 0 Å². The van der Waals surface area contributed by atoms with Crippen LogP contribution in [0.4, 0.5) is 0 Å². The van der Waals surface area contributed by atoms with Crippen LogP contribution in [-0.2, 0) is 9.53 Å². The van der Waals surface area contributed by atoms with Gasteiger partial charge in [-0.1, -0.05) is 34.1 Å². The van der Waals surface area contributed by atoms with Crippen molar-refractivity contribution in [3.05, 3.63) is 11.6 Å². The highest BCUT2D eigenvalue weighted by molar-refractivity contribution is 5.85. The average molecular weight is 254 g/mol. The van der Waals surface area contributed by atoms with E-state index < -0.39 is 5.97 Å². The molecule has 1 aliphatic rings. The Kier molecular flexibility index (Phi) is 4.60. The van der Waals surface area contributed by atoms with Crippen LogP contribution < -0.4 is 0 Å². The predicted molar refractivity (Wildman–Crippen MR) is 72.5 cm³/mol. The Balaban J connectivity index is 2.68. The van der Waals surface area contributed by atoms with E-state index in [0.29, 0.717) is 12.2 Å². The topological polar surface area (TPSA) is 46.5 Å². The first-order valence-corrected chi connectivity index (χ1v) is 6.68. The molecule has 0 aromatic heterocycles. The average Bonchev–Trinajstić information content (AvgIpc) is 2.20. The summed E-state index contributed by atoms with van der Waals surface area (Å²) < 4.78 is 5.99. The molecule has 0 atom stereocenters. The van der Waals surface area contributed by atoms with Gasteiger partial charge in [-0.05, 0) is 36.7 Å². The maximum Gasteiger partial charge on any atom is 0.331 e. The van der Waals surface area contributed by atoms with Crippen molar-refractivity contribution in [1.82, 2.24) is 0 Å². The monoisotopic (exact) mass is 254 g/mol. The van der Waals surface area contributed by atoms with Crippen LogP contribution in [0.1, 0.15) is 53.9 Å². The molecule has 1 saturated carbocycles. The number of carboxylic acid groups (broad SMARTS) is 1. The zero-order chi connectivity index (χ0) is 14.0. The maximum atomic E-state index is 10.7. The largest absolute Gasteiger partial charge is 0.478 e. The first kappa shape index (κ1) is 15.2. The van der Waals surface area contributed by atoms with Gasteiger partial charge in [0, 0.05) is 5.57 Å². The minimum atomic E-state index is -0.874. The summed E-state index contributed by atoms with van der Waals surface area (Å²) in [6.07, 6.45) is 5.41. The van der Waals surface area contributed by atoms with Crippen molar-refractivity contribution >= 4 is 5.97 Å². The Morgan fingerprint density at radius 2 is 1.78 bits per heavy atom. The number of carboxylic acids is 1. The summed E-state index contributed by atoms with van der Waals surface area (Å²) in [7, 11) is 0. The van der Waals surface area contributed by atoms with Crippen LogP contribution in [0.3, 0.4) is 0 Å². The summed E-state index contributed by atoms with van der Waals surface area (Å²) in [6.45, 7) is 11.0. The van der Waals surface area contributed by atoms with Gasteiger partial charge in [0.2, 0.25) is 0 Å². The quantitative estimate of drug-likeness (QED) is 0.779. The molecule has 0 aromatic carbocycles. The molecule has 1 aliphatic carbocycles. The van der Waals surface area contributed by atoms with Crippen LogP contribution >= 0.6 is 0 Å². The molecule has 0 aliphatic heterocycles. The molecule has 104 valence electrons. The highest BCUT2D eigenvalue weighted by Crippen LogP contribution is 2.47. The molecule has 0 saturated heterocycles. The maximum absolute atomic E-state index is 10.7. The molecule has 3 nitrogen and oxygen atoms in total. The Bertz CT molecular complexity index is 324. The molecule has 0 radical (unpaired) electrons. The molecule has 18 heavy (non-hydrogen) atoms. The van der Waals surface area contributed by atoms with Crippen LogP contribution in [0.25, 0.3) is 0 Å². The number of aliphatic carboxylic acids is 1. The Labute approximate surface area is 110 Å². The van der Waals surface area contributed by atoms with Gasteiger partial charge >= 0.3 is 5.97 Å². The van der Waals surface area contributed by atoms with Gasteiger partial charge in [0.05, 0.1) is 12.7 Å². The fraction of sp³-hybridized carbons (Fsp3) is 0.800. The number of hydrogen-bond acceptors (Lipinski definition) is 2. The van der Waals surface area contributed by atoms with Crippen LogP contribution in [-0.4, -0.2) is 23.8 Å². The minimum absolute atomic E-state index is 0.159. The predicted octanol–water partition coefficient (Wildman–Crippen LogP) is 3.64. The molecule has 0 aromatic rings. The standard InChI is InChI=1S/C15H26O3/c1-11(12(16)17)7-10-18-13-14(2,3)8-6-9-15(13,4)5/h7,13H,6,8-10H2,1-5H3,(H,16,17). The van der Waals surface area contributed by atoms with Crippen LogP contribution in [0, 0.1) is 10.8 Å². The smallest absolute Gasteiger partial charge is 0.331 e. The van der Waals surface area contributed by atoms with Gasteiger partial charge in [-0.15, -0.1) is 0 Å². The van der Waals surface area contributed by atoms with E-state index in [1.54, 1.807) is 13.0 Å². The summed E-state index contributed by atoms with van der Waals surface area (Å²) in [6, 6.07) is 0. The lowest BCUT2D eigenvalue weighted by Gasteiger charge is -2.48. The molecule has 1 N–H and O–H groups in total. The first-order valence-electron chi connectivity index (χ1n) is 6.68. The number of hydrogen-bond donors (Lipinski definition) is 1. The summed E-state index contributed by atoms with van der Waals surface area (Å²) in [5.74, 6) is -0.874. The minimum Gasteiger partial charge on any atom is -0.478 e. The van der Waals surface area contributed by atoms with Crippen molar-refractivity contribution in [1.29, 1.82) is 0 Å². The van der Waals surface area contributed by atoms with Crippen molar-refractivity contribution < 1.29 is 14.6 Å². The van der Waals surface area contributed by atoms with Crippen molar-refractivity contribution in [2.45, 2.75) is 60.0 Å². The first-order chi connectivity index (χ1) is 8.17. The van der Waals surface area contributed by atoms with Gasteiger partial charge in [0.1, 0.15) is 0 Å². The third-order valence-corrected chi connectivity index (χ3v) is 4.05. The van der Waals surface area contributed by atoms with E-state index in [1.807, 2.05) is 0 Å². The van der Waals surface area contributed by atoms with E-state index in [1.165, 1.54) is 19.3 Å². The van der Waals surface area contributed by atoms with E-state index in [-0.39, 0.29) is 16.9 Å². The molecule has 1 fully saturated rings. The second-order valence-corrected chi connectivity index (χ2v) is 6.74. The molecule has 0 unspecified atom stereocenters. The molecular formula is C15H26O3. The summed E-state index contributed by atoms with van der Waals surface area (Å²) in [5.41, 5.74) is 0.667. The number of ether oxygens (including phenoxy) is 1. The van der Waals surface area contributed by atoms with Gasteiger partial charge < -0.3 is 9.84 Å². The van der Waals surface area contributed by atoms with Gasteiger partial charge in [-0.25, -0.2) is 4.79 Å². The van der Waals surface area contributed by atoms with Crippen LogP contribution in [0.2, 0.25) is 0 Å². The Morgan fingerprint density at radius 1 is 1.28 bits per heavy atom. The Hall–Kier alpha value is -0.830. The lowest BCUT2D eigenvalue weighted by molar-refractivity contribution is -0.132. The number of rotatable bonds is 4. The van der Waals surface area contributed by atoms with Crippen molar-refractivity contribution in [3.8, 4) is 0 Å². The fourth-order valence-corrected chi connectivity index (χ4v) is 3.13. The highest BCUT2D eigenvalue weighted by Gasteiger charge is 2.44. The number of carbonyl (C=O) groups is 1. The normalized spacial score (nSPS) is 23.9. The lowest BCUT2D eigenvalue weighted by Crippen LogP contribution is -2.47. The highest BCUT2D eigenvalue weighted by atomic mass is 16.5. The van der Waals surface area contributed by atoms with E-state index in [2.05, 4.69) is 27.7 Å². The van der Waals surface area contributed by atoms with E-state index in [9.17, 15) is 4.79 Å². The van der Waals surface area contributed by atoms with Gasteiger partial charge in [-0.3, -0.25) is 0 Å². The summed E-state index contributed by atoms with van der Waals surface area (Å²) >= 11 is 0. The molecule has 0 amide bonds. The van der Waals surface area contributed by atoms with Gasteiger partial charge in [0.15, 0.2) is 0 Å². The van der Waals surface area contributed by atoms with Crippen molar-refractivity contribution in [3.63, 3.8) is 0 Å². The van der Waals surface area contributed by atoms with Crippen LogP contribution in [0.15, 0.2) is 11.6 Å². The molecule has 0 heterocycles. The lowest BCUT2D eigenvalue weighted by atomic mass is 9.63. The zero-order valence-electron chi connectivity index (χ0n) is 12.2. The molecule has 0 spiro atoms. The third-order valence-electron chi connectivity index (χ3n) is 4.05. The second kappa shape index (κ2) is 5.43. The zero-order valence-corrected chi connectivity index (χ0v) is 12.2. The van der Waals surface area contributed by atoms with Crippen molar-refractivity contribution in [2.75, 3.05) is 6.61 Å². The SMILES string of the molecule is CC(=CCOC1C(C)(C)CCCC1(C)C)C(=O)O. The van der Waals surface area contributed by atoms with Gasteiger partial charge in [0.25, 0.3) is 0 Å². The molecular weight excluding hydrogens is 228 g/mol. The summed E-state index contributed by atoms with van der Waals surface area (Å²) in [5, 5.41) is 8.80. The summed E-state index contributed by atoms with van der Waals surface area (Å²) in [4.78, 5) is 10.7. The molecule has 3 heteroatoms. The fourth-order valence-electron chi connectivity index (χ4n) is 3.13. The Morgan fingerprint density at radius 3 is 2.22 bits per heavy atom. The van der Waals surface area contributed by atoms with Crippen molar-refractivity contribution in [2.24, 2.45) is 10.8 Å². The van der Waals surface area contributed by atoms with Gasteiger partial charge in [-0.2, -0.15) is 0 Å². The van der Waals surface area contributed by atoms with E-state index in [0.717, 1.165) is 0 Å². The molecule has 1 rings (SSSR count). The third kappa shape index (κ3) is 3.58. The molecule has 0 bridgehead atoms. The van der Waals surface area contributed by atoms with E-state index >= 15 is 0 Å². The second-order valence-electron chi connectivity index (χ2n) is 6.74.